The third-order valence-corrected chi connectivity index (χ3v) is 5.66. The summed E-state index contributed by atoms with van der Waals surface area (Å²) in [5.41, 5.74) is 10.6. The SMILES string of the molecule is NC(=O)c1c(N2CCCCC2)cc(-c2ccc(Br)cc2)nc1-c1ccccc1. The minimum Gasteiger partial charge on any atom is -0.371 e. The minimum atomic E-state index is -0.436. The molecule has 142 valence electrons. The lowest BCUT2D eigenvalue weighted by atomic mass is 9.99. The van der Waals surface area contributed by atoms with Gasteiger partial charge in [0, 0.05) is 28.7 Å². The molecule has 0 unspecified atom stereocenters. The van der Waals surface area contributed by atoms with Gasteiger partial charge in [0.2, 0.25) is 0 Å². The highest BCUT2D eigenvalue weighted by atomic mass is 79.9. The van der Waals surface area contributed by atoms with Crippen molar-refractivity contribution >= 4 is 27.5 Å². The molecule has 2 heterocycles. The number of nitrogens with zero attached hydrogens (tertiary/aromatic N) is 2. The molecule has 1 aliphatic heterocycles. The molecular formula is C23H22BrN3O. The first-order valence-electron chi connectivity index (χ1n) is 9.54. The number of anilines is 1. The van der Waals surface area contributed by atoms with Gasteiger partial charge in [-0.25, -0.2) is 4.98 Å². The van der Waals surface area contributed by atoms with E-state index in [4.69, 9.17) is 10.7 Å². The number of rotatable bonds is 4. The van der Waals surface area contributed by atoms with Crippen molar-refractivity contribution in [3.05, 3.63) is 70.7 Å². The molecule has 0 spiro atoms. The Morgan fingerprint density at radius 3 is 2.25 bits per heavy atom. The van der Waals surface area contributed by atoms with Crippen LogP contribution in [-0.4, -0.2) is 24.0 Å². The fraction of sp³-hybridized carbons (Fsp3) is 0.217. The van der Waals surface area contributed by atoms with Gasteiger partial charge in [-0.15, -0.1) is 0 Å². The van der Waals surface area contributed by atoms with E-state index >= 15 is 0 Å². The van der Waals surface area contributed by atoms with E-state index in [1.165, 1.54) is 6.42 Å². The molecule has 2 N–H and O–H groups in total. The van der Waals surface area contributed by atoms with Crippen molar-refractivity contribution in [2.45, 2.75) is 19.3 Å². The number of piperidine rings is 1. The van der Waals surface area contributed by atoms with Gasteiger partial charge in [0.05, 0.1) is 22.6 Å². The van der Waals surface area contributed by atoms with E-state index in [1.807, 2.05) is 60.7 Å². The number of benzene rings is 2. The Balaban J connectivity index is 1.95. The van der Waals surface area contributed by atoms with Crippen LogP contribution in [0, 0.1) is 0 Å². The monoisotopic (exact) mass is 435 g/mol. The average molecular weight is 436 g/mol. The predicted octanol–water partition coefficient (Wildman–Crippen LogP) is 5.27. The van der Waals surface area contributed by atoms with Gasteiger partial charge in [0.1, 0.15) is 0 Å². The Labute approximate surface area is 173 Å². The molecule has 0 aliphatic carbocycles. The van der Waals surface area contributed by atoms with E-state index in [9.17, 15) is 4.79 Å². The quantitative estimate of drug-likeness (QED) is 0.607. The lowest BCUT2D eigenvalue weighted by Crippen LogP contribution is -2.32. The summed E-state index contributed by atoms with van der Waals surface area (Å²) in [6.07, 6.45) is 3.46. The Bertz CT molecular complexity index is 981. The van der Waals surface area contributed by atoms with E-state index in [0.717, 1.165) is 52.9 Å². The Morgan fingerprint density at radius 2 is 1.61 bits per heavy atom. The molecule has 2 aromatic carbocycles. The van der Waals surface area contributed by atoms with Crippen LogP contribution >= 0.6 is 15.9 Å². The molecule has 0 radical (unpaired) electrons. The van der Waals surface area contributed by atoms with E-state index < -0.39 is 5.91 Å². The molecule has 1 amide bonds. The summed E-state index contributed by atoms with van der Waals surface area (Å²) >= 11 is 3.49. The number of amides is 1. The van der Waals surface area contributed by atoms with Crippen LogP contribution in [0.5, 0.6) is 0 Å². The highest BCUT2D eigenvalue weighted by Gasteiger charge is 2.24. The van der Waals surface area contributed by atoms with Crippen molar-refractivity contribution in [3.8, 4) is 22.5 Å². The van der Waals surface area contributed by atoms with Crippen molar-refractivity contribution in [2.24, 2.45) is 5.73 Å². The summed E-state index contributed by atoms with van der Waals surface area (Å²) in [7, 11) is 0. The largest absolute Gasteiger partial charge is 0.371 e. The Hall–Kier alpha value is -2.66. The smallest absolute Gasteiger partial charge is 0.253 e. The molecule has 0 saturated carbocycles. The number of carbonyl (C=O) groups is 1. The predicted molar refractivity (Wildman–Crippen MR) is 117 cm³/mol. The van der Waals surface area contributed by atoms with Gasteiger partial charge in [0.25, 0.3) is 5.91 Å². The zero-order valence-corrected chi connectivity index (χ0v) is 17.2. The number of nitrogens with two attached hydrogens (primary N) is 1. The summed E-state index contributed by atoms with van der Waals surface area (Å²) < 4.78 is 1.02. The summed E-state index contributed by atoms with van der Waals surface area (Å²) in [5, 5.41) is 0. The second kappa shape index (κ2) is 8.15. The van der Waals surface area contributed by atoms with Gasteiger partial charge in [-0.3, -0.25) is 4.79 Å². The number of hydrogen-bond donors (Lipinski definition) is 1. The summed E-state index contributed by atoms with van der Waals surface area (Å²) in [6, 6.07) is 19.9. The zero-order chi connectivity index (χ0) is 19.5. The molecule has 1 aliphatic rings. The average Bonchev–Trinajstić information content (AvgIpc) is 2.74. The van der Waals surface area contributed by atoms with Crippen molar-refractivity contribution in [1.82, 2.24) is 4.98 Å². The van der Waals surface area contributed by atoms with Gasteiger partial charge < -0.3 is 10.6 Å². The fourth-order valence-electron chi connectivity index (χ4n) is 3.73. The van der Waals surface area contributed by atoms with Crippen LogP contribution in [0.2, 0.25) is 0 Å². The van der Waals surface area contributed by atoms with Gasteiger partial charge in [0.15, 0.2) is 0 Å². The van der Waals surface area contributed by atoms with Gasteiger partial charge in [-0.05, 0) is 37.5 Å². The molecular weight excluding hydrogens is 414 g/mol. The first-order chi connectivity index (χ1) is 13.6. The number of halogens is 1. The van der Waals surface area contributed by atoms with E-state index in [1.54, 1.807) is 0 Å². The molecule has 3 aromatic rings. The van der Waals surface area contributed by atoms with E-state index in [-0.39, 0.29) is 0 Å². The van der Waals surface area contributed by atoms with Crippen LogP contribution in [0.15, 0.2) is 65.1 Å². The van der Waals surface area contributed by atoms with Gasteiger partial charge in [-0.1, -0.05) is 58.4 Å². The number of pyridine rings is 1. The fourth-order valence-corrected chi connectivity index (χ4v) is 4.00. The lowest BCUT2D eigenvalue weighted by molar-refractivity contribution is 0.100. The number of aromatic nitrogens is 1. The number of carbonyl (C=O) groups excluding carboxylic acids is 1. The molecule has 0 bridgehead atoms. The maximum atomic E-state index is 12.5. The van der Waals surface area contributed by atoms with E-state index in [0.29, 0.717) is 11.3 Å². The molecule has 5 heteroatoms. The third kappa shape index (κ3) is 3.80. The maximum Gasteiger partial charge on any atom is 0.253 e. The molecule has 4 rings (SSSR count). The molecule has 1 saturated heterocycles. The number of primary amides is 1. The van der Waals surface area contributed by atoms with Crippen LogP contribution < -0.4 is 10.6 Å². The highest BCUT2D eigenvalue weighted by Crippen LogP contribution is 2.35. The first kappa shape index (κ1) is 18.7. The van der Waals surface area contributed by atoms with Gasteiger partial charge >= 0.3 is 0 Å². The standard InChI is InChI=1S/C23H22BrN3O/c24-18-11-9-16(10-12-18)19-15-20(27-13-5-2-6-14-27)21(23(25)28)22(26-19)17-7-3-1-4-8-17/h1,3-4,7-12,15H,2,5-6,13-14H2,(H2,25,28). The topological polar surface area (TPSA) is 59.2 Å². The van der Waals surface area contributed by atoms with Crippen molar-refractivity contribution in [1.29, 1.82) is 0 Å². The third-order valence-electron chi connectivity index (χ3n) is 5.13. The second-order valence-corrected chi connectivity index (χ2v) is 7.95. The number of hydrogen-bond acceptors (Lipinski definition) is 3. The Morgan fingerprint density at radius 1 is 0.929 bits per heavy atom. The van der Waals surface area contributed by atoms with E-state index in [2.05, 4.69) is 20.8 Å². The van der Waals surface area contributed by atoms with Crippen LogP contribution in [0.3, 0.4) is 0 Å². The van der Waals surface area contributed by atoms with Crippen molar-refractivity contribution in [2.75, 3.05) is 18.0 Å². The van der Waals surface area contributed by atoms with Crippen LogP contribution in [0.1, 0.15) is 29.6 Å². The summed E-state index contributed by atoms with van der Waals surface area (Å²) in [5.74, 6) is -0.436. The van der Waals surface area contributed by atoms with Gasteiger partial charge in [-0.2, -0.15) is 0 Å². The van der Waals surface area contributed by atoms with Crippen LogP contribution in [0.4, 0.5) is 5.69 Å². The second-order valence-electron chi connectivity index (χ2n) is 7.04. The molecule has 1 aromatic heterocycles. The molecule has 0 atom stereocenters. The van der Waals surface area contributed by atoms with Crippen molar-refractivity contribution < 1.29 is 4.79 Å². The van der Waals surface area contributed by atoms with Crippen molar-refractivity contribution in [3.63, 3.8) is 0 Å². The first-order valence-corrected chi connectivity index (χ1v) is 10.3. The Kier molecular flexibility index (Phi) is 5.44. The highest BCUT2D eigenvalue weighted by molar-refractivity contribution is 9.10. The van der Waals surface area contributed by atoms with Crippen LogP contribution in [0.25, 0.3) is 22.5 Å². The maximum absolute atomic E-state index is 12.5. The molecule has 1 fully saturated rings. The molecule has 4 nitrogen and oxygen atoms in total. The minimum absolute atomic E-state index is 0.436. The molecule has 28 heavy (non-hydrogen) atoms. The van der Waals surface area contributed by atoms with Crippen LogP contribution in [-0.2, 0) is 0 Å². The summed E-state index contributed by atoms with van der Waals surface area (Å²) in [6.45, 7) is 1.86. The normalized spacial score (nSPS) is 14.1. The summed E-state index contributed by atoms with van der Waals surface area (Å²) in [4.78, 5) is 19.7. The lowest BCUT2D eigenvalue weighted by Gasteiger charge is -2.31. The zero-order valence-electron chi connectivity index (χ0n) is 15.6.